The predicted octanol–water partition coefficient (Wildman–Crippen LogP) is 4.26. The van der Waals surface area contributed by atoms with Gasteiger partial charge in [0.15, 0.2) is 0 Å². The van der Waals surface area contributed by atoms with Gasteiger partial charge in [-0.25, -0.2) is 4.79 Å². The summed E-state index contributed by atoms with van der Waals surface area (Å²) >= 11 is 0. The lowest BCUT2D eigenvalue weighted by Crippen LogP contribution is -2.49. The molecule has 1 aliphatic heterocycles. The number of aryl methyl sites for hydroxylation is 2. The average Bonchev–Trinajstić information content (AvgIpc) is 2.82. The van der Waals surface area contributed by atoms with Gasteiger partial charge < -0.3 is 19.0 Å². The van der Waals surface area contributed by atoms with E-state index in [0.717, 1.165) is 40.9 Å². The van der Waals surface area contributed by atoms with Gasteiger partial charge in [-0.2, -0.15) is 0 Å². The molecule has 1 saturated heterocycles. The van der Waals surface area contributed by atoms with Crippen LogP contribution in [0.3, 0.4) is 0 Å². The second-order valence-electron chi connectivity index (χ2n) is 8.68. The van der Waals surface area contributed by atoms with Crippen LogP contribution in [0.4, 0.5) is 5.69 Å². The number of benzene rings is 2. The van der Waals surface area contributed by atoms with Crippen LogP contribution in [0.1, 0.15) is 23.6 Å². The molecular weight excluding hydrogens is 416 g/mol. The van der Waals surface area contributed by atoms with Gasteiger partial charge in [-0.15, -0.1) is 0 Å². The monoisotopic (exact) mass is 446 g/mol. The van der Waals surface area contributed by atoms with Gasteiger partial charge in [0.05, 0.1) is 12.0 Å². The summed E-state index contributed by atoms with van der Waals surface area (Å²) in [5, 5.41) is 0.825. The third-order valence-electron chi connectivity index (χ3n) is 6.21. The molecular formula is C27H30N2O4. The molecule has 1 amide bonds. The number of anilines is 1. The number of carbonyl (C=O) groups excluding carboxylic acids is 1. The van der Waals surface area contributed by atoms with E-state index in [9.17, 15) is 9.59 Å². The summed E-state index contributed by atoms with van der Waals surface area (Å²) < 4.78 is 11.5. The zero-order chi connectivity index (χ0) is 23.5. The van der Waals surface area contributed by atoms with E-state index in [-0.39, 0.29) is 12.3 Å². The maximum Gasteiger partial charge on any atom is 0.340 e. The van der Waals surface area contributed by atoms with Crippen LogP contribution in [0.2, 0.25) is 0 Å². The summed E-state index contributed by atoms with van der Waals surface area (Å²) in [7, 11) is 0. The summed E-state index contributed by atoms with van der Waals surface area (Å²) in [5.41, 5.74) is 4.09. The zero-order valence-electron chi connectivity index (χ0n) is 19.5. The van der Waals surface area contributed by atoms with Crippen LogP contribution in [0, 0.1) is 13.8 Å². The molecule has 4 rings (SSSR count). The second kappa shape index (κ2) is 9.53. The summed E-state index contributed by atoms with van der Waals surface area (Å²) in [6.07, 6.45) is 0.0440. The first-order chi connectivity index (χ1) is 15.8. The first-order valence-corrected chi connectivity index (χ1v) is 11.3. The zero-order valence-corrected chi connectivity index (χ0v) is 19.5. The fraction of sp³-hybridized carbons (Fsp3) is 0.333. The minimum atomic E-state index is -0.462. The van der Waals surface area contributed by atoms with E-state index >= 15 is 0 Å². The molecule has 6 heteroatoms. The van der Waals surface area contributed by atoms with E-state index in [0.29, 0.717) is 36.6 Å². The molecule has 0 unspecified atom stereocenters. The number of fused-ring (bicyclic) bond motifs is 1. The number of hydrogen-bond donors (Lipinski definition) is 0. The van der Waals surface area contributed by atoms with Gasteiger partial charge in [0, 0.05) is 42.8 Å². The van der Waals surface area contributed by atoms with Gasteiger partial charge in [0.25, 0.3) is 0 Å². The molecule has 172 valence electrons. The van der Waals surface area contributed by atoms with E-state index in [1.54, 1.807) is 0 Å². The standard InChI is InChI=1S/C27H30N2O4/c1-18(2)17-32-24-11-10-22-19(3)23(27(31)33-26(22)20(24)4)16-25(30)29-14-12-28(13-15-29)21-8-6-5-7-9-21/h5-11H,1,12-17H2,2-4H3. The Morgan fingerprint density at radius 3 is 2.39 bits per heavy atom. The molecule has 1 fully saturated rings. The van der Waals surface area contributed by atoms with Crippen molar-refractivity contribution in [2.45, 2.75) is 27.2 Å². The molecule has 1 aliphatic rings. The molecule has 0 spiro atoms. The van der Waals surface area contributed by atoms with E-state index in [1.807, 2.05) is 56.0 Å². The molecule has 0 N–H and O–H groups in total. The number of hydrogen-bond acceptors (Lipinski definition) is 5. The van der Waals surface area contributed by atoms with Crippen molar-refractivity contribution in [3.63, 3.8) is 0 Å². The normalized spacial score (nSPS) is 13.9. The van der Waals surface area contributed by atoms with Crippen molar-refractivity contribution < 1.29 is 13.9 Å². The first kappa shape index (κ1) is 22.6. The van der Waals surface area contributed by atoms with Crippen molar-refractivity contribution in [3.8, 4) is 5.75 Å². The summed E-state index contributed by atoms with van der Waals surface area (Å²) in [6.45, 7) is 12.7. The van der Waals surface area contributed by atoms with Crippen LogP contribution in [0.25, 0.3) is 11.0 Å². The van der Waals surface area contributed by atoms with Gasteiger partial charge >= 0.3 is 5.63 Å². The number of nitrogens with zero attached hydrogens (tertiary/aromatic N) is 2. The van der Waals surface area contributed by atoms with Crippen LogP contribution in [0.5, 0.6) is 5.75 Å². The lowest BCUT2D eigenvalue weighted by atomic mass is 10.0. The van der Waals surface area contributed by atoms with Gasteiger partial charge in [0.2, 0.25) is 5.91 Å². The number of para-hydroxylation sites is 1. The number of amides is 1. The summed E-state index contributed by atoms with van der Waals surface area (Å²) in [5.74, 6) is 0.615. The molecule has 0 aliphatic carbocycles. The molecule has 0 bridgehead atoms. The molecule has 2 aromatic carbocycles. The largest absolute Gasteiger partial charge is 0.489 e. The Morgan fingerprint density at radius 2 is 1.73 bits per heavy atom. The Balaban J connectivity index is 1.50. The molecule has 0 atom stereocenters. The molecule has 0 radical (unpaired) electrons. The van der Waals surface area contributed by atoms with Crippen molar-refractivity contribution in [3.05, 3.63) is 81.7 Å². The van der Waals surface area contributed by atoms with Crippen LogP contribution in [-0.4, -0.2) is 43.6 Å². The van der Waals surface area contributed by atoms with Crippen molar-refractivity contribution >= 4 is 22.6 Å². The summed E-state index contributed by atoms with van der Waals surface area (Å²) in [6, 6.07) is 14.0. The Bertz CT molecular complexity index is 1240. The quantitative estimate of drug-likeness (QED) is 0.418. The number of rotatable bonds is 6. The highest BCUT2D eigenvalue weighted by molar-refractivity contribution is 5.87. The van der Waals surface area contributed by atoms with Gasteiger partial charge in [-0.3, -0.25) is 4.79 Å². The Hall–Kier alpha value is -3.54. The molecule has 1 aromatic heterocycles. The van der Waals surface area contributed by atoms with Crippen LogP contribution >= 0.6 is 0 Å². The number of piperazine rings is 1. The van der Waals surface area contributed by atoms with E-state index in [1.165, 1.54) is 0 Å². The maximum absolute atomic E-state index is 13.0. The van der Waals surface area contributed by atoms with Crippen molar-refractivity contribution in [2.24, 2.45) is 0 Å². The van der Waals surface area contributed by atoms with Gasteiger partial charge in [-0.05, 0) is 56.2 Å². The van der Waals surface area contributed by atoms with Crippen molar-refractivity contribution in [2.75, 3.05) is 37.7 Å². The fourth-order valence-electron chi connectivity index (χ4n) is 4.25. The molecule has 3 aromatic rings. The second-order valence-corrected chi connectivity index (χ2v) is 8.68. The smallest absolute Gasteiger partial charge is 0.340 e. The van der Waals surface area contributed by atoms with E-state index < -0.39 is 5.63 Å². The third kappa shape index (κ3) is 4.80. The Morgan fingerprint density at radius 1 is 1.03 bits per heavy atom. The Labute approximate surface area is 194 Å². The molecule has 33 heavy (non-hydrogen) atoms. The van der Waals surface area contributed by atoms with Crippen molar-refractivity contribution in [1.29, 1.82) is 0 Å². The predicted molar refractivity (Wildman–Crippen MR) is 131 cm³/mol. The van der Waals surface area contributed by atoms with Crippen LogP contribution in [0.15, 0.2) is 63.8 Å². The number of carbonyl (C=O) groups is 1. The first-order valence-electron chi connectivity index (χ1n) is 11.3. The summed E-state index contributed by atoms with van der Waals surface area (Å²) in [4.78, 5) is 30.0. The van der Waals surface area contributed by atoms with Crippen molar-refractivity contribution in [1.82, 2.24) is 4.90 Å². The van der Waals surface area contributed by atoms with E-state index in [2.05, 4.69) is 23.6 Å². The SMILES string of the molecule is C=C(C)COc1ccc2c(C)c(CC(=O)N3CCN(c4ccccc4)CC3)c(=O)oc2c1C. The molecule has 0 saturated carbocycles. The van der Waals surface area contributed by atoms with Gasteiger partial charge in [-0.1, -0.05) is 24.8 Å². The van der Waals surface area contributed by atoms with Gasteiger partial charge in [0.1, 0.15) is 17.9 Å². The van der Waals surface area contributed by atoms with E-state index in [4.69, 9.17) is 9.15 Å². The Kier molecular flexibility index (Phi) is 6.54. The highest BCUT2D eigenvalue weighted by atomic mass is 16.5. The average molecular weight is 447 g/mol. The lowest BCUT2D eigenvalue weighted by Gasteiger charge is -2.36. The number of ether oxygens (including phenoxy) is 1. The molecule has 2 heterocycles. The topological polar surface area (TPSA) is 63.0 Å². The lowest BCUT2D eigenvalue weighted by molar-refractivity contribution is -0.130. The fourth-order valence-corrected chi connectivity index (χ4v) is 4.25. The minimum Gasteiger partial charge on any atom is -0.489 e. The minimum absolute atomic E-state index is 0.0440. The maximum atomic E-state index is 13.0. The highest BCUT2D eigenvalue weighted by Crippen LogP contribution is 2.30. The highest BCUT2D eigenvalue weighted by Gasteiger charge is 2.24. The van der Waals surface area contributed by atoms with Crippen LogP contribution in [-0.2, 0) is 11.2 Å². The molecule has 6 nitrogen and oxygen atoms in total. The van der Waals surface area contributed by atoms with Crippen LogP contribution < -0.4 is 15.3 Å². The third-order valence-corrected chi connectivity index (χ3v) is 6.21.